The third-order valence-corrected chi connectivity index (χ3v) is 3.29. The average molecular weight is 410 g/mol. The van der Waals surface area contributed by atoms with Crippen LogP contribution in [-0.2, 0) is 11.0 Å². The molecule has 0 spiro atoms. The molecular weight excluding hydrogens is 395 g/mol. The number of nitrogens with one attached hydrogen (secondary N) is 2. The van der Waals surface area contributed by atoms with Gasteiger partial charge >= 0.3 is 24.2 Å². The van der Waals surface area contributed by atoms with E-state index in [1.165, 1.54) is 13.8 Å². The molecule has 2 N–H and O–H groups in total. The molecule has 0 radical (unpaired) electrons. The molecular formula is C15H15F9N2O. The molecule has 12 heteroatoms. The maximum absolute atomic E-state index is 13.4. The molecule has 0 aromatic heterocycles. The van der Waals surface area contributed by atoms with Gasteiger partial charge < -0.3 is 10.6 Å². The van der Waals surface area contributed by atoms with Crippen molar-refractivity contribution >= 4 is 11.6 Å². The number of alkyl halides is 9. The van der Waals surface area contributed by atoms with E-state index in [1.807, 2.05) is 0 Å². The average Bonchev–Trinajstić information content (AvgIpc) is 2.42. The second-order valence-corrected chi connectivity index (χ2v) is 6.10. The number of anilines is 1. The monoisotopic (exact) mass is 410 g/mol. The predicted octanol–water partition coefficient (Wildman–Crippen LogP) is 5.10. The summed E-state index contributed by atoms with van der Waals surface area (Å²) in [6, 6.07) is 1.79. The van der Waals surface area contributed by atoms with E-state index in [-0.39, 0.29) is 6.07 Å². The molecule has 3 nitrogen and oxygen atoms in total. The fourth-order valence-electron chi connectivity index (χ4n) is 2.10. The number of halogens is 9. The molecule has 27 heavy (non-hydrogen) atoms. The quantitative estimate of drug-likeness (QED) is 0.524. The zero-order chi connectivity index (χ0) is 21.3. The van der Waals surface area contributed by atoms with Crippen LogP contribution in [-0.4, -0.2) is 23.9 Å². The van der Waals surface area contributed by atoms with Gasteiger partial charge in [0.05, 0.1) is 5.56 Å². The molecule has 1 aromatic rings. The molecule has 0 saturated heterocycles. The van der Waals surface area contributed by atoms with Crippen LogP contribution in [0.5, 0.6) is 0 Å². The molecule has 0 atom stereocenters. The Morgan fingerprint density at radius 1 is 0.963 bits per heavy atom. The lowest BCUT2D eigenvalue weighted by Crippen LogP contribution is -2.72. The Morgan fingerprint density at radius 2 is 1.48 bits per heavy atom. The van der Waals surface area contributed by atoms with Crippen molar-refractivity contribution in [3.63, 3.8) is 0 Å². The van der Waals surface area contributed by atoms with Crippen LogP contribution < -0.4 is 10.6 Å². The van der Waals surface area contributed by atoms with Crippen molar-refractivity contribution in [3.05, 3.63) is 29.8 Å². The highest BCUT2D eigenvalue weighted by molar-refractivity contribution is 5.78. The van der Waals surface area contributed by atoms with Crippen molar-refractivity contribution in [2.45, 2.75) is 44.5 Å². The van der Waals surface area contributed by atoms with Crippen LogP contribution in [0.3, 0.4) is 0 Å². The van der Waals surface area contributed by atoms with E-state index in [0.29, 0.717) is 18.2 Å². The topological polar surface area (TPSA) is 41.1 Å². The number of benzene rings is 1. The summed E-state index contributed by atoms with van der Waals surface area (Å²) in [4.78, 5) is 11.6. The van der Waals surface area contributed by atoms with E-state index in [2.05, 4.69) is 0 Å². The molecule has 154 valence electrons. The minimum atomic E-state index is -6.11. The Kier molecular flexibility index (Phi) is 6.33. The van der Waals surface area contributed by atoms with Gasteiger partial charge in [-0.2, -0.15) is 39.5 Å². The Morgan fingerprint density at radius 3 is 1.89 bits per heavy atom. The Bertz CT molecular complexity index is 648. The third-order valence-electron chi connectivity index (χ3n) is 3.29. The third kappa shape index (κ3) is 5.42. The van der Waals surface area contributed by atoms with Gasteiger partial charge in [0.1, 0.15) is 0 Å². The molecule has 1 amide bonds. The van der Waals surface area contributed by atoms with Crippen LogP contribution in [0.25, 0.3) is 0 Å². The van der Waals surface area contributed by atoms with Crippen LogP contribution in [0.1, 0.15) is 25.8 Å². The van der Waals surface area contributed by atoms with Gasteiger partial charge in [-0.3, -0.25) is 4.79 Å². The highest BCUT2D eigenvalue weighted by Crippen LogP contribution is 2.44. The summed E-state index contributed by atoms with van der Waals surface area (Å²) in [5.41, 5.74) is -7.54. The fourth-order valence-corrected chi connectivity index (χ4v) is 2.10. The SMILES string of the molecule is CC(C)CC(=O)NC(Nc1cccc(C(F)(F)F)c1)(C(F)(F)F)C(F)(F)F. The summed E-state index contributed by atoms with van der Waals surface area (Å²) in [5.74, 6) is -2.13. The van der Waals surface area contributed by atoms with Crippen LogP contribution >= 0.6 is 0 Å². The molecule has 0 heterocycles. The van der Waals surface area contributed by atoms with E-state index in [4.69, 9.17) is 0 Å². The van der Waals surface area contributed by atoms with Crippen LogP contribution in [0.15, 0.2) is 24.3 Å². The van der Waals surface area contributed by atoms with Gasteiger partial charge in [0, 0.05) is 12.1 Å². The first kappa shape index (κ1) is 22.9. The second-order valence-electron chi connectivity index (χ2n) is 6.10. The van der Waals surface area contributed by atoms with Crippen LogP contribution in [0.4, 0.5) is 45.2 Å². The van der Waals surface area contributed by atoms with Crippen LogP contribution in [0, 0.1) is 5.92 Å². The highest BCUT2D eigenvalue weighted by atomic mass is 19.4. The number of rotatable bonds is 5. The van der Waals surface area contributed by atoms with Gasteiger partial charge in [0.25, 0.3) is 0 Å². The van der Waals surface area contributed by atoms with Crippen molar-refractivity contribution < 1.29 is 44.3 Å². The van der Waals surface area contributed by atoms with E-state index >= 15 is 0 Å². The Balaban J connectivity index is 3.44. The van der Waals surface area contributed by atoms with E-state index in [1.54, 1.807) is 0 Å². The van der Waals surface area contributed by atoms with Gasteiger partial charge in [0.2, 0.25) is 5.91 Å². The summed E-state index contributed by atoms with van der Waals surface area (Å²) < 4.78 is 118. The minimum Gasteiger partial charge on any atom is -0.348 e. The Hall–Kier alpha value is -2.14. The van der Waals surface area contributed by atoms with Gasteiger partial charge in [-0.1, -0.05) is 19.9 Å². The fraction of sp³-hybridized carbons (Fsp3) is 0.533. The number of amides is 1. The first-order valence-corrected chi connectivity index (χ1v) is 7.39. The van der Waals surface area contributed by atoms with Gasteiger partial charge in [-0.15, -0.1) is 0 Å². The number of carbonyl (C=O) groups is 1. The Labute approximate surface area is 147 Å². The van der Waals surface area contributed by atoms with E-state index in [9.17, 15) is 44.3 Å². The number of hydrogen-bond acceptors (Lipinski definition) is 2. The van der Waals surface area contributed by atoms with Crippen molar-refractivity contribution in [2.24, 2.45) is 5.92 Å². The first-order chi connectivity index (χ1) is 12.0. The molecule has 1 rings (SSSR count). The molecule has 0 saturated carbocycles. The maximum atomic E-state index is 13.4. The lowest BCUT2D eigenvalue weighted by atomic mass is 10.1. The first-order valence-electron chi connectivity index (χ1n) is 7.39. The molecule has 0 aliphatic heterocycles. The number of hydrogen-bond donors (Lipinski definition) is 2. The molecule has 0 aliphatic carbocycles. The van der Waals surface area contributed by atoms with E-state index in [0.717, 1.165) is 10.6 Å². The van der Waals surface area contributed by atoms with Gasteiger partial charge in [0.15, 0.2) is 0 Å². The van der Waals surface area contributed by atoms with E-state index < -0.39 is 53.7 Å². The lowest BCUT2D eigenvalue weighted by Gasteiger charge is -2.39. The largest absolute Gasteiger partial charge is 0.439 e. The van der Waals surface area contributed by atoms with Gasteiger partial charge in [-0.05, 0) is 24.1 Å². The normalized spacial score (nSPS) is 13.6. The number of carbonyl (C=O) groups excluding carboxylic acids is 1. The lowest BCUT2D eigenvalue weighted by molar-refractivity contribution is -0.296. The predicted molar refractivity (Wildman–Crippen MR) is 77.5 cm³/mol. The molecule has 0 aliphatic rings. The zero-order valence-electron chi connectivity index (χ0n) is 13.9. The minimum absolute atomic E-state index is 0.0842. The zero-order valence-corrected chi connectivity index (χ0v) is 13.9. The van der Waals surface area contributed by atoms with Crippen molar-refractivity contribution in [1.82, 2.24) is 5.32 Å². The molecule has 0 bridgehead atoms. The van der Waals surface area contributed by atoms with Gasteiger partial charge in [-0.25, -0.2) is 0 Å². The summed E-state index contributed by atoms with van der Waals surface area (Å²) in [5, 5.41) is 1.87. The summed E-state index contributed by atoms with van der Waals surface area (Å²) >= 11 is 0. The molecule has 0 unspecified atom stereocenters. The van der Waals surface area contributed by atoms with Crippen LogP contribution in [0.2, 0.25) is 0 Å². The second kappa shape index (κ2) is 7.47. The van der Waals surface area contributed by atoms with Crippen molar-refractivity contribution in [1.29, 1.82) is 0 Å². The molecule has 0 fully saturated rings. The van der Waals surface area contributed by atoms with Crippen molar-refractivity contribution in [2.75, 3.05) is 5.32 Å². The highest BCUT2D eigenvalue weighted by Gasteiger charge is 2.72. The standard InChI is InChI=1S/C15H15F9N2O/c1-8(2)6-11(27)26-13(14(19,20)21,15(22,23)24)25-10-5-3-4-9(7-10)12(16,17)18/h3-5,7-8,25H,6H2,1-2H3,(H,26,27). The smallest absolute Gasteiger partial charge is 0.348 e. The molecule has 1 aromatic carbocycles. The summed E-state index contributed by atoms with van der Waals surface area (Å²) in [7, 11) is 0. The summed E-state index contributed by atoms with van der Waals surface area (Å²) in [6.45, 7) is 2.78. The summed E-state index contributed by atoms with van der Waals surface area (Å²) in [6.07, 6.45) is -17.9. The maximum Gasteiger partial charge on any atom is 0.439 e. The van der Waals surface area contributed by atoms with Crippen molar-refractivity contribution in [3.8, 4) is 0 Å².